The van der Waals surface area contributed by atoms with E-state index >= 15 is 0 Å². The Labute approximate surface area is 177 Å². The summed E-state index contributed by atoms with van der Waals surface area (Å²) in [6.45, 7) is 7.86. The van der Waals surface area contributed by atoms with Gasteiger partial charge in [0, 0.05) is 31.0 Å². The number of rotatable bonds is 5. The van der Waals surface area contributed by atoms with Gasteiger partial charge in [0.25, 0.3) is 0 Å². The lowest BCUT2D eigenvalue weighted by Gasteiger charge is -2.46. The van der Waals surface area contributed by atoms with Crippen LogP contribution in [0, 0.1) is 5.82 Å². The molecule has 0 saturated carbocycles. The van der Waals surface area contributed by atoms with E-state index in [-0.39, 0.29) is 24.0 Å². The molecule has 0 aliphatic carbocycles. The minimum absolute atomic E-state index is 0.141. The third kappa shape index (κ3) is 4.10. The summed E-state index contributed by atoms with van der Waals surface area (Å²) in [6, 6.07) is 14.3. The Balaban J connectivity index is 1.50. The van der Waals surface area contributed by atoms with Crippen LogP contribution in [0.15, 0.2) is 53.5 Å². The number of hydrogen-bond acceptors (Lipinski definition) is 3. The summed E-state index contributed by atoms with van der Waals surface area (Å²) in [5.74, 6) is 0.533. The molecule has 2 aliphatic rings. The molecule has 0 N–H and O–H groups in total. The highest BCUT2D eigenvalue weighted by Gasteiger charge is 2.47. The minimum atomic E-state index is -0.497. The normalized spacial score (nSPS) is 24.2. The van der Waals surface area contributed by atoms with Crippen LogP contribution in [-0.2, 0) is 6.54 Å². The first-order valence-corrected chi connectivity index (χ1v) is 10.5. The number of ether oxygens (including phenoxy) is 1. The molecule has 0 radical (unpaired) electrons. The second kappa shape index (κ2) is 8.19. The molecule has 2 atom stereocenters. The van der Waals surface area contributed by atoms with E-state index in [1.807, 2.05) is 26.0 Å². The Kier molecular flexibility index (Phi) is 5.60. The van der Waals surface area contributed by atoms with Crippen LogP contribution in [0.3, 0.4) is 0 Å². The molecule has 1 fully saturated rings. The van der Waals surface area contributed by atoms with E-state index in [0.717, 1.165) is 31.7 Å². The van der Waals surface area contributed by atoms with Gasteiger partial charge in [0.15, 0.2) is 0 Å². The summed E-state index contributed by atoms with van der Waals surface area (Å²) in [7, 11) is 0. The smallest absolute Gasteiger partial charge is 0.348 e. The number of hydrogen-bond donors (Lipinski definition) is 0. The van der Waals surface area contributed by atoms with Gasteiger partial charge in [-0.05, 0) is 69.5 Å². The largest absolute Gasteiger partial charge is 0.491 e. The van der Waals surface area contributed by atoms with E-state index in [1.165, 1.54) is 17.7 Å². The first kappa shape index (κ1) is 20.5. The predicted octanol–water partition coefficient (Wildman–Crippen LogP) is 5.05. The molecule has 158 valence electrons. The molecule has 0 aromatic heterocycles. The molecular weight excluding hydrogens is 381 g/mol. The van der Waals surface area contributed by atoms with Crippen molar-refractivity contribution in [2.75, 3.05) is 11.4 Å². The van der Waals surface area contributed by atoms with Crippen LogP contribution in [0.25, 0.3) is 0 Å². The van der Waals surface area contributed by atoms with Gasteiger partial charge in [-0.15, -0.1) is 0 Å². The number of carbonyl (C=O) groups is 1. The van der Waals surface area contributed by atoms with Gasteiger partial charge < -0.3 is 4.74 Å². The van der Waals surface area contributed by atoms with E-state index in [0.29, 0.717) is 5.69 Å². The molecule has 0 bridgehead atoms. The number of halogens is 1. The van der Waals surface area contributed by atoms with Crippen molar-refractivity contribution < 1.29 is 13.9 Å². The molecule has 5 nitrogen and oxygen atoms in total. The maximum absolute atomic E-state index is 13.8. The van der Waals surface area contributed by atoms with Crippen molar-refractivity contribution in [2.24, 2.45) is 4.99 Å². The SMILES string of the molecule is CC(C)Oc1cccc(CN2CCC3(C=NC(=O)N3c3cccc(F)c3)CC2C)c1. The number of anilines is 1. The Morgan fingerprint density at radius 3 is 2.77 bits per heavy atom. The highest BCUT2D eigenvalue weighted by molar-refractivity contribution is 6.08. The van der Waals surface area contributed by atoms with Gasteiger partial charge in [-0.25, -0.2) is 14.2 Å². The molecule has 6 heteroatoms. The van der Waals surface area contributed by atoms with E-state index in [4.69, 9.17) is 4.74 Å². The molecule has 2 aromatic rings. The molecule has 2 heterocycles. The fourth-order valence-electron chi connectivity index (χ4n) is 4.54. The van der Waals surface area contributed by atoms with Gasteiger partial charge in [-0.1, -0.05) is 18.2 Å². The summed E-state index contributed by atoms with van der Waals surface area (Å²) in [6.07, 6.45) is 3.42. The molecule has 1 saturated heterocycles. The van der Waals surface area contributed by atoms with Crippen LogP contribution in [0.4, 0.5) is 14.9 Å². The lowest BCUT2D eigenvalue weighted by molar-refractivity contribution is 0.124. The Bertz CT molecular complexity index is 961. The van der Waals surface area contributed by atoms with Crippen molar-refractivity contribution in [1.29, 1.82) is 0 Å². The van der Waals surface area contributed by atoms with Gasteiger partial charge in [-0.3, -0.25) is 9.80 Å². The zero-order valence-electron chi connectivity index (χ0n) is 17.7. The lowest BCUT2D eigenvalue weighted by Crippen LogP contribution is -2.57. The average molecular weight is 410 g/mol. The second-order valence-corrected chi connectivity index (χ2v) is 8.55. The second-order valence-electron chi connectivity index (χ2n) is 8.55. The van der Waals surface area contributed by atoms with Crippen LogP contribution in [-0.4, -0.2) is 41.4 Å². The number of benzene rings is 2. The van der Waals surface area contributed by atoms with Crippen LogP contribution >= 0.6 is 0 Å². The van der Waals surface area contributed by atoms with Gasteiger partial charge in [0.2, 0.25) is 0 Å². The summed E-state index contributed by atoms with van der Waals surface area (Å²) in [4.78, 5) is 20.7. The molecule has 2 unspecified atom stereocenters. The summed E-state index contributed by atoms with van der Waals surface area (Å²) in [5.41, 5.74) is 1.27. The molecule has 1 spiro atoms. The van der Waals surface area contributed by atoms with Gasteiger partial charge in [0.1, 0.15) is 11.6 Å². The number of carbonyl (C=O) groups excluding carboxylic acids is 1. The number of piperidine rings is 1. The average Bonchev–Trinajstić information content (AvgIpc) is 2.99. The number of aliphatic imine (C=N–C) groups is 1. The maximum Gasteiger partial charge on any atom is 0.348 e. The fourth-order valence-corrected chi connectivity index (χ4v) is 4.54. The predicted molar refractivity (Wildman–Crippen MR) is 117 cm³/mol. The zero-order chi connectivity index (χ0) is 21.3. The highest BCUT2D eigenvalue weighted by atomic mass is 19.1. The molecule has 4 rings (SSSR count). The van der Waals surface area contributed by atoms with Gasteiger partial charge in [0.05, 0.1) is 11.6 Å². The third-order valence-corrected chi connectivity index (χ3v) is 5.88. The fraction of sp³-hybridized carbons (Fsp3) is 0.417. The van der Waals surface area contributed by atoms with Gasteiger partial charge in [-0.2, -0.15) is 0 Å². The van der Waals surface area contributed by atoms with Crippen molar-refractivity contribution in [3.8, 4) is 5.75 Å². The van der Waals surface area contributed by atoms with Crippen LogP contribution < -0.4 is 9.64 Å². The molecular formula is C24H28FN3O2. The quantitative estimate of drug-likeness (QED) is 0.694. The standard InChI is InChI=1S/C24H28FN3O2/c1-17(2)30-22-9-4-6-19(12-22)15-27-11-10-24(14-18(27)3)16-26-23(29)28(24)21-8-5-7-20(25)13-21/h4-9,12-13,16-18H,10-11,14-15H2,1-3H3. The monoisotopic (exact) mass is 409 g/mol. The first-order valence-electron chi connectivity index (χ1n) is 10.5. The van der Waals surface area contributed by atoms with Crippen LogP contribution in [0.1, 0.15) is 39.2 Å². The topological polar surface area (TPSA) is 45.1 Å². The summed E-state index contributed by atoms with van der Waals surface area (Å²) in [5, 5.41) is 0. The summed E-state index contributed by atoms with van der Waals surface area (Å²) >= 11 is 0. The highest BCUT2D eigenvalue weighted by Crippen LogP contribution is 2.38. The molecule has 2 aromatic carbocycles. The molecule has 30 heavy (non-hydrogen) atoms. The van der Waals surface area contributed by atoms with Crippen molar-refractivity contribution in [1.82, 2.24) is 4.90 Å². The number of likely N-dealkylation sites (tertiary alicyclic amines) is 1. The van der Waals surface area contributed by atoms with Crippen LogP contribution in [0.5, 0.6) is 5.75 Å². The van der Waals surface area contributed by atoms with E-state index < -0.39 is 5.54 Å². The number of urea groups is 1. The van der Waals surface area contributed by atoms with Crippen molar-refractivity contribution in [2.45, 2.75) is 57.8 Å². The molecule has 2 aliphatic heterocycles. The van der Waals surface area contributed by atoms with E-state index in [9.17, 15) is 9.18 Å². The zero-order valence-corrected chi connectivity index (χ0v) is 17.7. The van der Waals surface area contributed by atoms with Gasteiger partial charge >= 0.3 is 6.03 Å². The van der Waals surface area contributed by atoms with E-state index in [2.05, 4.69) is 28.9 Å². The number of nitrogens with zero attached hydrogens (tertiary/aromatic N) is 3. The Morgan fingerprint density at radius 1 is 1.23 bits per heavy atom. The minimum Gasteiger partial charge on any atom is -0.491 e. The van der Waals surface area contributed by atoms with Crippen LogP contribution in [0.2, 0.25) is 0 Å². The van der Waals surface area contributed by atoms with Crippen molar-refractivity contribution >= 4 is 17.9 Å². The first-order chi connectivity index (χ1) is 14.4. The Hall–Kier alpha value is -2.73. The third-order valence-electron chi connectivity index (χ3n) is 5.88. The summed E-state index contributed by atoms with van der Waals surface area (Å²) < 4.78 is 19.6. The maximum atomic E-state index is 13.8. The molecule has 2 amide bonds. The van der Waals surface area contributed by atoms with E-state index in [1.54, 1.807) is 23.2 Å². The number of amides is 2. The van der Waals surface area contributed by atoms with Crippen molar-refractivity contribution in [3.63, 3.8) is 0 Å². The van der Waals surface area contributed by atoms with Crippen molar-refractivity contribution in [3.05, 3.63) is 59.9 Å². The lowest BCUT2D eigenvalue weighted by atomic mass is 9.83. The Morgan fingerprint density at radius 2 is 2.03 bits per heavy atom.